The first kappa shape index (κ1) is 15.9. The molecule has 124 valence electrons. The van der Waals surface area contributed by atoms with E-state index in [4.69, 9.17) is 4.74 Å². The summed E-state index contributed by atoms with van der Waals surface area (Å²) in [5.74, 6) is 0.867. The number of para-hydroxylation sites is 1. The van der Waals surface area contributed by atoms with Crippen molar-refractivity contribution in [2.24, 2.45) is 0 Å². The lowest BCUT2D eigenvalue weighted by Gasteiger charge is -2.32. The normalized spacial score (nSPS) is 21.3. The fourth-order valence-corrected chi connectivity index (χ4v) is 3.28. The van der Waals surface area contributed by atoms with E-state index in [9.17, 15) is 4.79 Å². The molecule has 1 aromatic rings. The first-order chi connectivity index (χ1) is 11.1. The maximum Gasteiger partial charge on any atom is 0.315 e. The molecule has 23 heavy (non-hydrogen) atoms. The molecule has 3 rings (SSSR count). The Labute approximate surface area is 137 Å². The lowest BCUT2D eigenvalue weighted by molar-refractivity contribution is 0.198. The number of fused-ring (bicyclic) bond motifs is 1. The summed E-state index contributed by atoms with van der Waals surface area (Å²) >= 11 is 0. The Balaban J connectivity index is 1.45. The lowest BCUT2D eigenvalue weighted by Crippen LogP contribution is -2.48. The maximum atomic E-state index is 12.2. The van der Waals surface area contributed by atoms with Gasteiger partial charge in [0.25, 0.3) is 0 Å². The third-order valence-corrected chi connectivity index (χ3v) is 4.42. The minimum Gasteiger partial charge on any atom is -0.491 e. The van der Waals surface area contributed by atoms with E-state index in [1.165, 1.54) is 5.57 Å². The number of hydrogen-bond donors (Lipinski definition) is 2. The highest BCUT2D eigenvalue weighted by Gasteiger charge is 2.26. The molecule has 0 unspecified atom stereocenters. The van der Waals surface area contributed by atoms with Crippen LogP contribution >= 0.6 is 0 Å². The average molecular weight is 315 g/mol. The number of nitrogens with zero attached hydrogens (tertiary/aromatic N) is 1. The van der Waals surface area contributed by atoms with Gasteiger partial charge in [0.05, 0.1) is 6.04 Å². The van der Waals surface area contributed by atoms with Crippen molar-refractivity contribution in [1.82, 2.24) is 15.5 Å². The predicted molar refractivity (Wildman–Crippen MR) is 90.6 cm³/mol. The lowest BCUT2D eigenvalue weighted by atomic mass is 10.0. The number of amides is 2. The molecule has 2 amide bonds. The van der Waals surface area contributed by atoms with Crippen LogP contribution in [0.25, 0.3) is 0 Å². The van der Waals surface area contributed by atoms with Crippen LogP contribution in [0.1, 0.15) is 31.4 Å². The van der Waals surface area contributed by atoms with Gasteiger partial charge in [0, 0.05) is 31.2 Å². The van der Waals surface area contributed by atoms with Gasteiger partial charge in [0.15, 0.2) is 0 Å². The van der Waals surface area contributed by atoms with E-state index in [2.05, 4.69) is 29.0 Å². The van der Waals surface area contributed by atoms with Crippen molar-refractivity contribution in [3.63, 3.8) is 0 Å². The minimum atomic E-state index is -0.103. The van der Waals surface area contributed by atoms with E-state index >= 15 is 0 Å². The Hall–Kier alpha value is -2.01. The van der Waals surface area contributed by atoms with Gasteiger partial charge in [-0.25, -0.2) is 4.79 Å². The molecule has 2 N–H and O–H groups in total. The van der Waals surface area contributed by atoms with Crippen LogP contribution in [0.4, 0.5) is 4.79 Å². The highest BCUT2D eigenvalue weighted by atomic mass is 16.5. The predicted octanol–water partition coefficient (Wildman–Crippen LogP) is 2.46. The van der Waals surface area contributed by atoms with Crippen molar-refractivity contribution in [2.75, 3.05) is 26.2 Å². The maximum absolute atomic E-state index is 12.2. The van der Waals surface area contributed by atoms with Crippen LogP contribution in [0, 0.1) is 0 Å². The summed E-state index contributed by atoms with van der Waals surface area (Å²) in [5, 5.41) is 6.12. The third-order valence-electron chi connectivity index (χ3n) is 4.42. The number of urea groups is 1. The molecule has 0 spiro atoms. The SMILES string of the molecule is C=C(C)CN1CCC(NC(=O)N[C@H]2COc3ccccc32)CC1. The number of likely N-dealkylation sites (tertiary alicyclic amines) is 1. The van der Waals surface area contributed by atoms with Crippen molar-refractivity contribution in [3.8, 4) is 5.75 Å². The van der Waals surface area contributed by atoms with E-state index in [1.807, 2.05) is 24.3 Å². The molecule has 5 nitrogen and oxygen atoms in total. The van der Waals surface area contributed by atoms with Gasteiger partial charge in [-0.2, -0.15) is 0 Å². The quantitative estimate of drug-likeness (QED) is 0.839. The molecule has 2 aliphatic heterocycles. The Bertz CT molecular complexity index is 579. The second-order valence-corrected chi connectivity index (χ2v) is 6.53. The van der Waals surface area contributed by atoms with E-state index in [1.54, 1.807) is 0 Å². The molecule has 1 aromatic carbocycles. The van der Waals surface area contributed by atoms with Crippen molar-refractivity contribution >= 4 is 6.03 Å². The first-order valence-corrected chi connectivity index (χ1v) is 8.27. The summed E-state index contributed by atoms with van der Waals surface area (Å²) in [7, 11) is 0. The molecule has 0 bridgehead atoms. The van der Waals surface area contributed by atoms with Gasteiger partial charge < -0.3 is 15.4 Å². The van der Waals surface area contributed by atoms with Crippen molar-refractivity contribution in [3.05, 3.63) is 42.0 Å². The number of ether oxygens (including phenoxy) is 1. The monoisotopic (exact) mass is 315 g/mol. The smallest absolute Gasteiger partial charge is 0.315 e. The van der Waals surface area contributed by atoms with Gasteiger partial charge in [-0.05, 0) is 25.8 Å². The number of benzene rings is 1. The van der Waals surface area contributed by atoms with Crippen molar-refractivity contribution < 1.29 is 9.53 Å². The standard InChI is InChI=1S/C18H25N3O2/c1-13(2)11-21-9-7-14(8-10-21)19-18(22)20-16-12-23-17-6-4-3-5-15(16)17/h3-6,14,16H,1,7-12H2,2H3,(H2,19,20,22)/t16-/m0/s1. The molecule has 1 saturated heterocycles. The van der Waals surface area contributed by atoms with Crippen LogP contribution in [0.15, 0.2) is 36.4 Å². The Morgan fingerprint density at radius 3 is 2.78 bits per heavy atom. The second kappa shape index (κ2) is 7.04. The highest BCUT2D eigenvalue weighted by molar-refractivity contribution is 5.75. The zero-order valence-electron chi connectivity index (χ0n) is 13.7. The minimum absolute atomic E-state index is 0.0605. The molecule has 2 heterocycles. The van der Waals surface area contributed by atoms with Crippen molar-refractivity contribution in [1.29, 1.82) is 0 Å². The fourth-order valence-electron chi connectivity index (χ4n) is 3.28. The Morgan fingerprint density at radius 1 is 1.30 bits per heavy atom. The molecule has 0 saturated carbocycles. The van der Waals surface area contributed by atoms with Gasteiger partial charge in [-0.1, -0.05) is 30.4 Å². The van der Waals surface area contributed by atoms with Crippen molar-refractivity contribution in [2.45, 2.75) is 31.8 Å². The van der Waals surface area contributed by atoms with E-state index in [0.29, 0.717) is 6.61 Å². The fraction of sp³-hybridized carbons (Fsp3) is 0.500. The molecular weight excluding hydrogens is 290 g/mol. The van der Waals surface area contributed by atoms with Crippen LogP contribution in [0.2, 0.25) is 0 Å². The number of carbonyl (C=O) groups is 1. The second-order valence-electron chi connectivity index (χ2n) is 6.53. The highest BCUT2D eigenvalue weighted by Crippen LogP contribution is 2.31. The van der Waals surface area contributed by atoms with E-state index in [0.717, 1.165) is 43.8 Å². The van der Waals surface area contributed by atoms with Crippen LogP contribution < -0.4 is 15.4 Å². The summed E-state index contributed by atoms with van der Waals surface area (Å²) < 4.78 is 5.60. The summed E-state index contributed by atoms with van der Waals surface area (Å²) in [4.78, 5) is 14.6. The number of hydrogen-bond acceptors (Lipinski definition) is 3. The molecule has 0 aromatic heterocycles. The van der Waals surface area contributed by atoms with Gasteiger partial charge in [-0.15, -0.1) is 0 Å². The summed E-state index contributed by atoms with van der Waals surface area (Å²) in [5.41, 5.74) is 2.24. The zero-order valence-corrected chi connectivity index (χ0v) is 13.7. The number of rotatable bonds is 4. The van der Waals surface area contributed by atoms with Gasteiger partial charge >= 0.3 is 6.03 Å². The van der Waals surface area contributed by atoms with E-state index in [-0.39, 0.29) is 18.1 Å². The first-order valence-electron chi connectivity index (χ1n) is 8.27. The van der Waals surface area contributed by atoms with Gasteiger partial charge in [0.1, 0.15) is 12.4 Å². The van der Waals surface area contributed by atoms with E-state index < -0.39 is 0 Å². The van der Waals surface area contributed by atoms with Crippen LogP contribution in [-0.4, -0.2) is 43.2 Å². The van der Waals surface area contributed by atoms with Crippen LogP contribution in [0.3, 0.4) is 0 Å². The molecule has 0 aliphatic carbocycles. The number of nitrogens with one attached hydrogen (secondary N) is 2. The molecule has 1 atom stereocenters. The summed E-state index contributed by atoms with van der Waals surface area (Å²) in [6.45, 7) is 9.49. The van der Waals surface area contributed by atoms with Crippen LogP contribution in [0.5, 0.6) is 5.75 Å². The molecule has 0 radical (unpaired) electrons. The zero-order chi connectivity index (χ0) is 16.2. The number of piperidine rings is 1. The Kier molecular flexibility index (Phi) is 4.86. The third kappa shape index (κ3) is 4.05. The largest absolute Gasteiger partial charge is 0.491 e. The molecular formula is C18H25N3O2. The average Bonchev–Trinajstić information content (AvgIpc) is 2.92. The molecule has 5 heteroatoms. The van der Waals surface area contributed by atoms with Gasteiger partial charge in [-0.3, -0.25) is 4.90 Å². The topological polar surface area (TPSA) is 53.6 Å². The van der Waals surface area contributed by atoms with Crippen LogP contribution in [-0.2, 0) is 0 Å². The Morgan fingerprint density at radius 2 is 2.04 bits per heavy atom. The van der Waals surface area contributed by atoms with Gasteiger partial charge in [0.2, 0.25) is 0 Å². The molecule has 2 aliphatic rings. The summed E-state index contributed by atoms with van der Waals surface area (Å²) in [6, 6.07) is 7.94. The number of carbonyl (C=O) groups excluding carboxylic acids is 1. The molecule has 1 fully saturated rings. The summed E-state index contributed by atoms with van der Waals surface area (Å²) in [6.07, 6.45) is 1.97.